The summed E-state index contributed by atoms with van der Waals surface area (Å²) in [4.78, 5) is 14.8. The van der Waals surface area contributed by atoms with Gasteiger partial charge in [-0.1, -0.05) is 17.7 Å². The Morgan fingerprint density at radius 1 is 1.48 bits per heavy atom. The highest BCUT2D eigenvalue weighted by Gasteiger charge is 2.22. The molecule has 6 nitrogen and oxygen atoms in total. The van der Waals surface area contributed by atoms with E-state index < -0.39 is 4.92 Å². The molecule has 1 aromatic carbocycles. The highest BCUT2D eigenvalue weighted by atomic mass is 35.5. The first-order chi connectivity index (χ1) is 10.1. The van der Waals surface area contributed by atoms with Crippen molar-refractivity contribution < 1.29 is 9.34 Å². The van der Waals surface area contributed by atoms with Crippen LogP contribution in [0, 0.1) is 10.1 Å². The predicted molar refractivity (Wildman–Crippen MR) is 78.3 cm³/mol. The third-order valence-electron chi connectivity index (χ3n) is 3.34. The fourth-order valence-corrected chi connectivity index (χ4v) is 2.38. The van der Waals surface area contributed by atoms with Crippen molar-refractivity contribution in [1.82, 2.24) is 10.3 Å². The Bertz CT molecular complexity index is 667. The van der Waals surface area contributed by atoms with Crippen LogP contribution in [0.3, 0.4) is 0 Å². The van der Waals surface area contributed by atoms with E-state index in [4.69, 9.17) is 16.0 Å². The van der Waals surface area contributed by atoms with Crippen LogP contribution in [0.1, 0.15) is 18.7 Å². The fourth-order valence-electron chi connectivity index (χ4n) is 2.12. The van der Waals surface area contributed by atoms with Crippen LogP contribution in [0.2, 0.25) is 5.02 Å². The Balaban J connectivity index is 1.80. The summed E-state index contributed by atoms with van der Waals surface area (Å²) in [5, 5.41) is 14.7. The van der Waals surface area contributed by atoms with E-state index in [1.165, 1.54) is 25.1 Å². The first-order valence-electron chi connectivity index (χ1n) is 6.76. The van der Waals surface area contributed by atoms with Crippen LogP contribution < -0.4 is 5.32 Å². The van der Waals surface area contributed by atoms with Crippen molar-refractivity contribution in [2.24, 2.45) is 0 Å². The van der Waals surface area contributed by atoms with Crippen LogP contribution in [0.25, 0.3) is 11.3 Å². The molecule has 0 bridgehead atoms. The van der Waals surface area contributed by atoms with E-state index in [1.807, 2.05) is 0 Å². The molecular weight excluding hydrogens is 294 g/mol. The second kappa shape index (κ2) is 5.83. The van der Waals surface area contributed by atoms with E-state index in [0.29, 0.717) is 24.1 Å². The van der Waals surface area contributed by atoms with Crippen molar-refractivity contribution >= 4 is 17.3 Å². The molecule has 0 amide bonds. The van der Waals surface area contributed by atoms with Crippen LogP contribution in [0.15, 0.2) is 28.8 Å². The average molecular weight is 308 g/mol. The summed E-state index contributed by atoms with van der Waals surface area (Å²) in [6, 6.07) is 5.17. The number of rotatable bonds is 6. The number of nitro benzene ring substituents is 1. The minimum atomic E-state index is -0.474. The standard InChI is InChI=1S/C14H14ClN3O3/c15-10-2-1-3-11(18(19)20)14(10)12-8-17-13(21-12)6-7-16-9-4-5-9/h1-3,8-9,16H,4-7H2. The van der Waals surface area contributed by atoms with Crippen LogP contribution >= 0.6 is 11.6 Å². The molecule has 0 unspecified atom stereocenters. The van der Waals surface area contributed by atoms with Crippen molar-refractivity contribution in [1.29, 1.82) is 0 Å². The molecule has 21 heavy (non-hydrogen) atoms. The predicted octanol–water partition coefficient (Wildman–Crippen LogP) is 3.20. The maximum absolute atomic E-state index is 11.1. The topological polar surface area (TPSA) is 81.2 Å². The molecule has 110 valence electrons. The molecule has 1 aromatic heterocycles. The molecule has 0 atom stereocenters. The summed E-state index contributed by atoms with van der Waals surface area (Å²) in [5.41, 5.74) is 0.194. The molecule has 2 aromatic rings. The van der Waals surface area contributed by atoms with Gasteiger partial charge < -0.3 is 9.73 Å². The summed E-state index contributed by atoms with van der Waals surface area (Å²) >= 11 is 6.07. The zero-order chi connectivity index (χ0) is 14.8. The number of nitrogens with one attached hydrogen (secondary N) is 1. The number of nitrogens with zero attached hydrogens (tertiary/aromatic N) is 2. The Morgan fingerprint density at radius 3 is 3.00 bits per heavy atom. The lowest BCUT2D eigenvalue weighted by Gasteiger charge is -2.02. The van der Waals surface area contributed by atoms with Crippen molar-refractivity contribution in [3.8, 4) is 11.3 Å². The van der Waals surface area contributed by atoms with Crippen molar-refractivity contribution in [3.63, 3.8) is 0 Å². The number of nitro groups is 1. The normalized spacial score (nSPS) is 14.3. The molecule has 1 fully saturated rings. The van der Waals surface area contributed by atoms with Gasteiger partial charge in [0.05, 0.1) is 16.1 Å². The Kier molecular flexibility index (Phi) is 3.90. The van der Waals surface area contributed by atoms with Gasteiger partial charge in [0.1, 0.15) is 5.56 Å². The molecule has 1 heterocycles. The van der Waals surface area contributed by atoms with Gasteiger partial charge in [-0.05, 0) is 18.9 Å². The Labute approximate surface area is 126 Å². The smallest absolute Gasteiger partial charge is 0.281 e. The van der Waals surface area contributed by atoms with Crippen LogP contribution in [0.4, 0.5) is 5.69 Å². The minimum absolute atomic E-state index is 0.0821. The highest BCUT2D eigenvalue weighted by molar-refractivity contribution is 6.33. The number of halogens is 1. The van der Waals surface area contributed by atoms with Gasteiger partial charge in [0.2, 0.25) is 0 Å². The molecule has 1 N–H and O–H groups in total. The molecule has 1 aliphatic rings. The van der Waals surface area contributed by atoms with Gasteiger partial charge in [0, 0.05) is 25.1 Å². The summed E-state index contributed by atoms with van der Waals surface area (Å²) in [6.45, 7) is 0.787. The number of benzene rings is 1. The van der Waals surface area contributed by atoms with E-state index in [1.54, 1.807) is 12.1 Å². The quantitative estimate of drug-likeness (QED) is 0.654. The zero-order valence-corrected chi connectivity index (χ0v) is 12.0. The molecule has 1 aliphatic carbocycles. The van der Waals surface area contributed by atoms with Gasteiger partial charge in [0.15, 0.2) is 11.7 Å². The minimum Gasteiger partial charge on any atom is -0.440 e. The largest absolute Gasteiger partial charge is 0.440 e. The zero-order valence-electron chi connectivity index (χ0n) is 11.2. The number of aromatic nitrogens is 1. The molecular formula is C14H14ClN3O3. The van der Waals surface area contributed by atoms with Gasteiger partial charge in [-0.25, -0.2) is 4.98 Å². The van der Waals surface area contributed by atoms with E-state index in [0.717, 1.165) is 6.54 Å². The van der Waals surface area contributed by atoms with Gasteiger partial charge in [-0.2, -0.15) is 0 Å². The van der Waals surface area contributed by atoms with Crippen molar-refractivity contribution in [2.75, 3.05) is 6.54 Å². The van der Waals surface area contributed by atoms with Crippen molar-refractivity contribution in [3.05, 3.63) is 45.4 Å². The van der Waals surface area contributed by atoms with E-state index in [-0.39, 0.29) is 16.3 Å². The van der Waals surface area contributed by atoms with Gasteiger partial charge in [-0.3, -0.25) is 10.1 Å². The molecule has 0 aliphatic heterocycles. The van der Waals surface area contributed by atoms with Gasteiger partial charge >= 0.3 is 0 Å². The van der Waals surface area contributed by atoms with E-state index in [2.05, 4.69) is 10.3 Å². The molecule has 0 radical (unpaired) electrons. The first-order valence-corrected chi connectivity index (χ1v) is 7.14. The SMILES string of the molecule is O=[N+]([O-])c1cccc(Cl)c1-c1cnc(CCNC2CC2)o1. The van der Waals surface area contributed by atoms with Crippen molar-refractivity contribution in [2.45, 2.75) is 25.3 Å². The third kappa shape index (κ3) is 3.22. The van der Waals surface area contributed by atoms with Crippen LogP contribution in [-0.4, -0.2) is 22.5 Å². The third-order valence-corrected chi connectivity index (χ3v) is 3.65. The molecule has 1 saturated carbocycles. The van der Waals surface area contributed by atoms with Gasteiger partial charge in [0.25, 0.3) is 5.69 Å². The van der Waals surface area contributed by atoms with Gasteiger partial charge in [-0.15, -0.1) is 0 Å². The summed E-state index contributed by atoms with van der Waals surface area (Å²) < 4.78 is 5.60. The van der Waals surface area contributed by atoms with Crippen LogP contribution in [-0.2, 0) is 6.42 Å². The first kappa shape index (κ1) is 14.0. The number of hydrogen-bond acceptors (Lipinski definition) is 5. The monoisotopic (exact) mass is 307 g/mol. The molecule has 0 saturated heterocycles. The summed E-state index contributed by atoms with van der Waals surface area (Å²) in [6.07, 6.45) is 4.58. The maximum Gasteiger partial charge on any atom is 0.281 e. The number of oxazole rings is 1. The summed E-state index contributed by atoms with van der Waals surface area (Å²) in [7, 11) is 0. The summed E-state index contributed by atoms with van der Waals surface area (Å²) in [5.74, 6) is 0.876. The average Bonchev–Trinajstić information content (AvgIpc) is 3.16. The molecule has 3 rings (SSSR count). The lowest BCUT2D eigenvalue weighted by molar-refractivity contribution is -0.384. The highest BCUT2D eigenvalue weighted by Crippen LogP contribution is 2.36. The number of hydrogen-bond donors (Lipinski definition) is 1. The molecule has 7 heteroatoms. The lowest BCUT2D eigenvalue weighted by atomic mass is 10.1. The Hall–Kier alpha value is -1.92. The van der Waals surface area contributed by atoms with E-state index >= 15 is 0 Å². The Morgan fingerprint density at radius 2 is 2.29 bits per heavy atom. The maximum atomic E-state index is 11.1. The molecule has 0 spiro atoms. The lowest BCUT2D eigenvalue weighted by Crippen LogP contribution is -2.19. The second-order valence-electron chi connectivity index (χ2n) is 4.99. The van der Waals surface area contributed by atoms with E-state index in [9.17, 15) is 10.1 Å². The second-order valence-corrected chi connectivity index (χ2v) is 5.39. The van der Waals surface area contributed by atoms with Crippen LogP contribution in [0.5, 0.6) is 0 Å². The fraction of sp³-hybridized carbons (Fsp3) is 0.357.